The molecule has 1 atom stereocenters. The Labute approximate surface area is 170 Å². The molecule has 0 unspecified atom stereocenters. The van der Waals surface area contributed by atoms with E-state index in [1.165, 1.54) is 6.33 Å². The van der Waals surface area contributed by atoms with Crippen LogP contribution in [0.5, 0.6) is 5.88 Å². The van der Waals surface area contributed by atoms with Gasteiger partial charge in [-0.3, -0.25) is 0 Å². The number of hydrogen-bond acceptors (Lipinski definition) is 6. The molecule has 0 spiro atoms. The number of aromatic nitrogens is 2. The number of aliphatic hydroxyl groups excluding tert-OH is 1. The average Bonchev–Trinajstić information content (AvgIpc) is 3.15. The van der Waals surface area contributed by atoms with Gasteiger partial charge in [-0.25, -0.2) is 9.97 Å². The normalized spacial score (nSPS) is 13.6. The molecule has 0 bridgehead atoms. The van der Waals surface area contributed by atoms with Crippen molar-refractivity contribution < 1.29 is 19.0 Å². The highest BCUT2D eigenvalue weighted by atomic mass is 16.5. The minimum Gasteiger partial charge on any atom is -0.501 e. The highest BCUT2D eigenvalue weighted by Crippen LogP contribution is 2.40. The van der Waals surface area contributed by atoms with Crippen molar-refractivity contribution in [1.29, 1.82) is 0 Å². The fourth-order valence-electron chi connectivity index (χ4n) is 3.02. The van der Waals surface area contributed by atoms with Crippen LogP contribution in [-0.2, 0) is 4.74 Å². The number of allylic oxidation sites excluding steroid dienone is 4. The molecule has 3 rings (SSSR count). The van der Waals surface area contributed by atoms with E-state index in [2.05, 4.69) is 9.97 Å². The minimum atomic E-state index is -0.402. The Bertz CT molecular complexity index is 1020. The lowest BCUT2D eigenvalue weighted by atomic mass is 10.00. The van der Waals surface area contributed by atoms with Gasteiger partial charge in [0, 0.05) is 17.5 Å². The van der Waals surface area contributed by atoms with Crippen molar-refractivity contribution in [2.75, 3.05) is 13.7 Å². The zero-order chi connectivity index (χ0) is 20.8. The van der Waals surface area contributed by atoms with Crippen LogP contribution in [0.4, 0.5) is 0 Å². The number of rotatable bonds is 8. The van der Waals surface area contributed by atoms with Gasteiger partial charge in [-0.05, 0) is 25.5 Å². The van der Waals surface area contributed by atoms with Gasteiger partial charge in [0.15, 0.2) is 0 Å². The molecular formula is C23H26N2O4. The summed E-state index contributed by atoms with van der Waals surface area (Å²) in [5, 5.41) is 10.1. The Hall–Kier alpha value is -3.12. The third-order valence-corrected chi connectivity index (χ3v) is 4.58. The zero-order valence-corrected chi connectivity index (χ0v) is 17.2. The van der Waals surface area contributed by atoms with E-state index in [9.17, 15) is 5.11 Å². The highest BCUT2D eigenvalue weighted by molar-refractivity contribution is 5.99. The largest absolute Gasteiger partial charge is 0.501 e. The van der Waals surface area contributed by atoms with E-state index in [4.69, 9.17) is 13.9 Å². The van der Waals surface area contributed by atoms with Crippen molar-refractivity contribution in [1.82, 2.24) is 9.97 Å². The molecule has 6 nitrogen and oxygen atoms in total. The van der Waals surface area contributed by atoms with Crippen LogP contribution >= 0.6 is 0 Å². The van der Waals surface area contributed by atoms with Gasteiger partial charge >= 0.3 is 0 Å². The van der Waals surface area contributed by atoms with E-state index < -0.39 is 6.10 Å². The molecule has 0 saturated heterocycles. The number of furan rings is 1. The molecular weight excluding hydrogens is 368 g/mol. The van der Waals surface area contributed by atoms with Crippen LogP contribution in [0.25, 0.3) is 28.0 Å². The van der Waals surface area contributed by atoms with Gasteiger partial charge in [0.1, 0.15) is 23.6 Å². The Morgan fingerprint density at radius 3 is 2.62 bits per heavy atom. The van der Waals surface area contributed by atoms with E-state index in [-0.39, 0.29) is 6.61 Å². The van der Waals surface area contributed by atoms with Crippen LogP contribution in [0.2, 0.25) is 0 Å². The molecule has 152 valence electrons. The molecule has 1 aromatic carbocycles. The standard InChI is InChI=1S/C23H26N2O4/c1-5-18(27-4)12-11-15(2)19-20-22(28-16(3)13-26)24-14-25-23(20)29-21(19)17-9-7-6-8-10-17/h6-12,14,16,26H,5,13H2,1-4H3/b15-11+,18-12+/t16-/m0/s1. The van der Waals surface area contributed by atoms with Crippen LogP contribution < -0.4 is 4.74 Å². The SMILES string of the molecule is CC/C(=C\C=C(/C)c1c(-c2ccccc2)oc2ncnc(O[C@@H](C)CO)c12)OC. The van der Waals surface area contributed by atoms with Gasteiger partial charge in [0.25, 0.3) is 0 Å². The summed E-state index contributed by atoms with van der Waals surface area (Å²) < 4.78 is 17.4. The molecule has 0 aliphatic carbocycles. The Kier molecular flexibility index (Phi) is 6.67. The van der Waals surface area contributed by atoms with Gasteiger partial charge in [0.05, 0.1) is 19.5 Å². The summed E-state index contributed by atoms with van der Waals surface area (Å²) in [5.41, 5.74) is 3.19. The molecule has 0 amide bonds. The lowest BCUT2D eigenvalue weighted by molar-refractivity contribution is 0.126. The second kappa shape index (κ2) is 9.39. The number of nitrogens with zero attached hydrogens (tertiary/aromatic N) is 2. The predicted molar refractivity (Wildman–Crippen MR) is 113 cm³/mol. The van der Waals surface area contributed by atoms with E-state index in [1.54, 1.807) is 14.0 Å². The zero-order valence-electron chi connectivity index (χ0n) is 17.2. The summed E-state index contributed by atoms with van der Waals surface area (Å²) in [6.45, 7) is 5.71. The summed E-state index contributed by atoms with van der Waals surface area (Å²) in [7, 11) is 1.66. The third kappa shape index (κ3) is 4.49. The van der Waals surface area contributed by atoms with Crippen LogP contribution in [-0.4, -0.2) is 34.9 Å². The average molecular weight is 394 g/mol. The monoisotopic (exact) mass is 394 g/mol. The van der Waals surface area contributed by atoms with Crippen LogP contribution in [0, 0.1) is 0 Å². The van der Waals surface area contributed by atoms with E-state index in [0.29, 0.717) is 22.7 Å². The molecule has 29 heavy (non-hydrogen) atoms. The Morgan fingerprint density at radius 1 is 1.21 bits per heavy atom. The van der Waals surface area contributed by atoms with Gasteiger partial charge in [0.2, 0.25) is 11.6 Å². The van der Waals surface area contributed by atoms with Crippen molar-refractivity contribution in [2.45, 2.75) is 33.3 Å². The smallest absolute Gasteiger partial charge is 0.234 e. The fourth-order valence-corrected chi connectivity index (χ4v) is 3.02. The first-order valence-electron chi connectivity index (χ1n) is 9.61. The van der Waals surface area contributed by atoms with Gasteiger partial charge in [-0.15, -0.1) is 0 Å². The molecule has 0 radical (unpaired) electrons. The lowest BCUT2D eigenvalue weighted by Crippen LogP contribution is -2.17. The number of ether oxygens (including phenoxy) is 2. The van der Waals surface area contributed by atoms with Crippen molar-refractivity contribution >= 4 is 16.7 Å². The van der Waals surface area contributed by atoms with Crippen LogP contribution in [0.1, 0.15) is 32.8 Å². The number of hydrogen-bond donors (Lipinski definition) is 1. The number of fused-ring (bicyclic) bond motifs is 1. The molecule has 1 N–H and O–H groups in total. The van der Waals surface area contributed by atoms with Gasteiger partial charge in [-0.2, -0.15) is 0 Å². The van der Waals surface area contributed by atoms with E-state index in [1.807, 2.05) is 56.3 Å². The highest BCUT2D eigenvalue weighted by Gasteiger charge is 2.23. The summed E-state index contributed by atoms with van der Waals surface area (Å²) in [5.74, 6) is 1.96. The predicted octanol–water partition coefficient (Wildman–Crippen LogP) is 4.99. The van der Waals surface area contributed by atoms with Gasteiger partial charge < -0.3 is 19.0 Å². The third-order valence-electron chi connectivity index (χ3n) is 4.58. The topological polar surface area (TPSA) is 77.6 Å². The maximum Gasteiger partial charge on any atom is 0.234 e. The lowest BCUT2D eigenvalue weighted by Gasteiger charge is -2.12. The molecule has 0 saturated carbocycles. The molecule has 2 aromatic heterocycles. The number of methoxy groups -OCH3 is 1. The van der Waals surface area contributed by atoms with Crippen molar-refractivity contribution in [3.8, 4) is 17.2 Å². The Morgan fingerprint density at radius 2 is 1.97 bits per heavy atom. The van der Waals surface area contributed by atoms with E-state index >= 15 is 0 Å². The summed E-state index contributed by atoms with van der Waals surface area (Å²) >= 11 is 0. The first-order chi connectivity index (χ1) is 14.1. The second-order valence-corrected chi connectivity index (χ2v) is 6.68. The van der Waals surface area contributed by atoms with Crippen molar-refractivity contribution in [3.05, 3.63) is 60.1 Å². The van der Waals surface area contributed by atoms with Gasteiger partial charge in [-0.1, -0.05) is 43.3 Å². The molecule has 0 fully saturated rings. The molecule has 0 aliphatic rings. The minimum absolute atomic E-state index is 0.116. The Balaban J connectivity index is 2.25. The molecule has 6 heteroatoms. The maximum absolute atomic E-state index is 9.40. The quantitative estimate of drug-likeness (QED) is 0.428. The first-order valence-corrected chi connectivity index (χ1v) is 9.61. The molecule has 3 aromatic rings. The summed E-state index contributed by atoms with van der Waals surface area (Å²) in [6, 6.07) is 9.85. The fraction of sp³-hybridized carbons (Fsp3) is 0.304. The molecule has 2 heterocycles. The number of benzene rings is 1. The maximum atomic E-state index is 9.40. The van der Waals surface area contributed by atoms with Crippen molar-refractivity contribution in [3.63, 3.8) is 0 Å². The first kappa shape index (κ1) is 20.6. The van der Waals surface area contributed by atoms with Crippen LogP contribution in [0.15, 0.2) is 59.0 Å². The summed E-state index contributed by atoms with van der Waals surface area (Å²) in [4.78, 5) is 8.60. The molecule has 0 aliphatic heterocycles. The summed E-state index contributed by atoms with van der Waals surface area (Å²) in [6.07, 6.45) is 5.74. The number of aliphatic hydroxyl groups is 1. The van der Waals surface area contributed by atoms with Crippen LogP contribution in [0.3, 0.4) is 0 Å². The second-order valence-electron chi connectivity index (χ2n) is 6.68. The van der Waals surface area contributed by atoms with E-state index in [0.717, 1.165) is 28.9 Å². The van der Waals surface area contributed by atoms with Crippen molar-refractivity contribution in [2.24, 2.45) is 0 Å².